The highest BCUT2D eigenvalue weighted by molar-refractivity contribution is 5.73. The Morgan fingerprint density at radius 2 is 2.20 bits per heavy atom. The molecule has 0 bridgehead atoms. The minimum Gasteiger partial charge on any atom is -0.455 e. The molecule has 2 aliphatic rings. The van der Waals surface area contributed by atoms with Gasteiger partial charge >= 0.3 is 0 Å². The summed E-state index contributed by atoms with van der Waals surface area (Å²) in [6.07, 6.45) is -1.33. The molecule has 2 rings (SSSR count). The molecule has 0 saturated heterocycles. The molecule has 0 aromatic carbocycles. The molecular weight excluding hydrogens is 202 g/mol. The van der Waals surface area contributed by atoms with E-state index in [9.17, 15) is 8.78 Å². The van der Waals surface area contributed by atoms with Crippen molar-refractivity contribution in [2.24, 2.45) is 10.7 Å². The molecule has 15 heavy (non-hydrogen) atoms. The van der Waals surface area contributed by atoms with E-state index in [0.29, 0.717) is 19.3 Å². The highest BCUT2D eigenvalue weighted by Gasteiger charge is 2.60. The van der Waals surface area contributed by atoms with Gasteiger partial charge in [0, 0.05) is 0 Å². The average Bonchev–Trinajstić information content (AvgIpc) is 2.91. The standard InChI is InChI=1S/C10H16F2N2O/c1-3-9(2)6(11)7(10(12)4-5-10)15-8(13)14-9/h6-7H,3-5H2,1-2H3,(H2,13,14)/t6-,7-,9+/m0/s1. The second-order valence-electron chi connectivity index (χ2n) is 4.64. The van der Waals surface area contributed by atoms with Crippen molar-refractivity contribution in [3.8, 4) is 0 Å². The highest BCUT2D eigenvalue weighted by atomic mass is 19.2. The van der Waals surface area contributed by atoms with Crippen molar-refractivity contribution in [1.29, 1.82) is 0 Å². The fraction of sp³-hybridized carbons (Fsp3) is 0.900. The monoisotopic (exact) mass is 218 g/mol. The summed E-state index contributed by atoms with van der Waals surface area (Å²) in [5, 5.41) is 0. The lowest BCUT2D eigenvalue weighted by Gasteiger charge is -2.38. The summed E-state index contributed by atoms with van der Waals surface area (Å²) in [6, 6.07) is -0.0952. The molecule has 1 aliphatic heterocycles. The van der Waals surface area contributed by atoms with Gasteiger partial charge in [0.2, 0.25) is 0 Å². The Balaban J connectivity index is 2.27. The van der Waals surface area contributed by atoms with Gasteiger partial charge in [0.15, 0.2) is 17.9 Å². The van der Waals surface area contributed by atoms with Crippen molar-refractivity contribution in [3.05, 3.63) is 0 Å². The van der Waals surface area contributed by atoms with E-state index in [1.165, 1.54) is 0 Å². The van der Waals surface area contributed by atoms with E-state index in [4.69, 9.17) is 10.5 Å². The lowest BCUT2D eigenvalue weighted by molar-refractivity contribution is -0.0374. The zero-order valence-electron chi connectivity index (χ0n) is 8.96. The minimum absolute atomic E-state index is 0.0952. The van der Waals surface area contributed by atoms with Gasteiger partial charge in [0.25, 0.3) is 6.02 Å². The van der Waals surface area contributed by atoms with E-state index < -0.39 is 23.5 Å². The van der Waals surface area contributed by atoms with Crippen LogP contribution in [0.5, 0.6) is 0 Å². The Kier molecular flexibility index (Phi) is 2.17. The number of alkyl halides is 2. The average molecular weight is 218 g/mol. The summed E-state index contributed by atoms with van der Waals surface area (Å²) in [5.41, 5.74) is 2.98. The van der Waals surface area contributed by atoms with E-state index in [0.717, 1.165) is 0 Å². The van der Waals surface area contributed by atoms with Gasteiger partial charge in [-0.3, -0.25) is 0 Å². The first-order valence-corrected chi connectivity index (χ1v) is 5.26. The number of aliphatic imine (C=N–C) groups is 1. The van der Waals surface area contributed by atoms with Crippen molar-refractivity contribution < 1.29 is 13.5 Å². The van der Waals surface area contributed by atoms with Crippen LogP contribution in [0.15, 0.2) is 4.99 Å². The van der Waals surface area contributed by atoms with E-state index in [1.807, 2.05) is 6.92 Å². The van der Waals surface area contributed by atoms with Gasteiger partial charge in [-0.1, -0.05) is 6.92 Å². The van der Waals surface area contributed by atoms with Crippen molar-refractivity contribution in [2.45, 2.75) is 56.6 Å². The highest BCUT2D eigenvalue weighted by Crippen LogP contribution is 2.49. The fourth-order valence-electron chi connectivity index (χ4n) is 1.90. The minimum atomic E-state index is -1.53. The van der Waals surface area contributed by atoms with Crippen molar-refractivity contribution >= 4 is 6.02 Å². The molecule has 3 nitrogen and oxygen atoms in total. The van der Waals surface area contributed by atoms with Crippen molar-refractivity contribution in [2.75, 3.05) is 0 Å². The van der Waals surface area contributed by atoms with Crippen LogP contribution in [-0.2, 0) is 4.74 Å². The maximum atomic E-state index is 14.1. The molecule has 3 atom stereocenters. The molecule has 0 aromatic rings. The normalized spacial score (nSPS) is 43.1. The first-order valence-electron chi connectivity index (χ1n) is 5.26. The number of hydrogen-bond acceptors (Lipinski definition) is 3. The molecule has 0 radical (unpaired) electrons. The fourth-order valence-corrected chi connectivity index (χ4v) is 1.90. The molecule has 1 aliphatic carbocycles. The zero-order chi connectivity index (χ0) is 11.3. The molecule has 86 valence electrons. The summed E-state index contributed by atoms with van der Waals surface area (Å²) < 4.78 is 32.9. The van der Waals surface area contributed by atoms with Gasteiger partial charge in [-0.2, -0.15) is 0 Å². The van der Waals surface area contributed by atoms with Crippen LogP contribution in [0.2, 0.25) is 0 Å². The zero-order valence-corrected chi connectivity index (χ0v) is 8.96. The number of halogens is 2. The molecule has 1 saturated carbocycles. The van der Waals surface area contributed by atoms with Crippen molar-refractivity contribution in [3.63, 3.8) is 0 Å². The summed E-state index contributed by atoms with van der Waals surface area (Å²) in [5.74, 6) is 0. The number of rotatable bonds is 2. The van der Waals surface area contributed by atoms with Gasteiger partial charge in [-0.25, -0.2) is 13.8 Å². The first-order chi connectivity index (χ1) is 6.91. The first kappa shape index (κ1) is 10.6. The molecule has 0 aromatic heterocycles. The molecule has 0 spiro atoms. The van der Waals surface area contributed by atoms with Crippen LogP contribution in [0, 0.1) is 0 Å². The Morgan fingerprint density at radius 3 is 2.67 bits per heavy atom. The molecule has 1 heterocycles. The van der Waals surface area contributed by atoms with Crippen LogP contribution >= 0.6 is 0 Å². The molecule has 1 fully saturated rings. The van der Waals surface area contributed by atoms with Gasteiger partial charge in [-0.15, -0.1) is 0 Å². The predicted molar refractivity (Wildman–Crippen MR) is 53.2 cm³/mol. The van der Waals surface area contributed by atoms with Crippen LogP contribution in [-0.4, -0.2) is 29.5 Å². The molecule has 2 N–H and O–H groups in total. The van der Waals surface area contributed by atoms with Gasteiger partial charge in [0.1, 0.15) is 0 Å². The van der Waals surface area contributed by atoms with Crippen LogP contribution in [0.4, 0.5) is 8.78 Å². The summed E-state index contributed by atoms with van der Waals surface area (Å²) in [7, 11) is 0. The second-order valence-corrected chi connectivity index (χ2v) is 4.64. The van der Waals surface area contributed by atoms with Crippen LogP contribution < -0.4 is 5.73 Å². The summed E-state index contributed by atoms with van der Waals surface area (Å²) in [4.78, 5) is 3.94. The van der Waals surface area contributed by atoms with E-state index >= 15 is 0 Å². The topological polar surface area (TPSA) is 47.6 Å². The number of nitrogens with two attached hydrogens (primary N) is 1. The van der Waals surface area contributed by atoms with Gasteiger partial charge < -0.3 is 10.5 Å². The van der Waals surface area contributed by atoms with E-state index in [-0.39, 0.29) is 6.02 Å². The van der Waals surface area contributed by atoms with E-state index in [2.05, 4.69) is 4.99 Å². The third kappa shape index (κ3) is 1.58. The third-order valence-corrected chi connectivity index (χ3v) is 3.43. The summed E-state index contributed by atoms with van der Waals surface area (Å²) >= 11 is 0. The third-order valence-electron chi connectivity index (χ3n) is 3.43. The van der Waals surface area contributed by atoms with E-state index in [1.54, 1.807) is 6.92 Å². The maximum Gasteiger partial charge on any atom is 0.283 e. The lowest BCUT2D eigenvalue weighted by atomic mass is 9.86. The van der Waals surface area contributed by atoms with Gasteiger partial charge in [-0.05, 0) is 26.2 Å². The second kappa shape index (κ2) is 3.06. The number of nitrogens with zero attached hydrogens (tertiary/aromatic N) is 1. The molecule has 0 unspecified atom stereocenters. The van der Waals surface area contributed by atoms with Crippen molar-refractivity contribution in [1.82, 2.24) is 0 Å². The number of ether oxygens (including phenoxy) is 1. The van der Waals surface area contributed by atoms with Gasteiger partial charge in [0.05, 0.1) is 5.54 Å². The molecule has 0 amide bonds. The Morgan fingerprint density at radius 1 is 1.60 bits per heavy atom. The number of hydrogen-bond donors (Lipinski definition) is 1. The Hall–Kier alpha value is -0.870. The smallest absolute Gasteiger partial charge is 0.283 e. The van der Waals surface area contributed by atoms with Crippen LogP contribution in [0.1, 0.15) is 33.1 Å². The molecule has 5 heteroatoms. The Labute approximate surface area is 87.7 Å². The SMILES string of the molecule is CC[C@@]1(C)N=C(N)O[C@H](C2(F)CC2)[C@@H]1F. The quantitative estimate of drug-likeness (QED) is 0.767. The van der Waals surface area contributed by atoms with Crippen LogP contribution in [0.3, 0.4) is 0 Å². The lowest BCUT2D eigenvalue weighted by Crippen LogP contribution is -2.54. The maximum absolute atomic E-state index is 14.1. The largest absolute Gasteiger partial charge is 0.455 e. The van der Waals surface area contributed by atoms with Crippen LogP contribution in [0.25, 0.3) is 0 Å². The summed E-state index contributed by atoms with van der Waals surface area (Å²) in [6.45, 7) is 3.45. The Bertz CT molecular complexity index is 304. The molecular formula is C10H16F2N2O. The predicted octanol–water partition coefficient (Wildman–Crippen LogP) is 1.71. The number of amidine groups is 1.